The molecule has 7 heteroatoms. The number of nitrogens with zero attached hydrogens (tertiary/aromatic N) is 1. The van der Waals surface area contributed by atoms with Crippen molar-refractivity contribution in [2.75, 3.05) is 5.32 Å². The molecule has 0 saturated carbocycles. The number of carbonyl (C=O) groups is 1. The quantitative estimate of drug-likeness (QED) is 0.860. The average molecular weight is 287 g/mol. The van der Waals surface area contributed by atoms with Gasteiger partial charge in [-0.05, 0) is 12.1 Å². The molecule has 1 N–H and O–H groups in total. The van der Waals surface area contributed by atoms with E-state index in [1.54, 1.807) is 0 Å². The number of benzene rings is 1. The van der Waals surface area contributed by atoms with Crippen molar-refractivity contribution in [1.82, 2.24) is 4.98 Å². The minimum Gasteiger partial charge on any atom is -0.318 e. The van der Waals surface area contributed by atoms with Crippen molar-refractivity contribution in [3.63, 3.8) is 0 Å². The summed E-state index contributed by atoms with van der Waals surface area (Å²) in [5, 5.41) is 2.28. The number of hydrogen-bond donors (Lipinski definition) is 1. The summed E-state index contributed by atoms with van der Waals surface area (Å²) in [5.41, 5.74) is -0.708. The third-order valence-corrected chi connectivity index (χ3v) is 2.43. The van der Waals surface area contributed by atoms with Gasteiger partial charge in [0.2, 0.25) is 0 Å². The summed E-state index contributed by atoms with van der Waals surface area (Å²) < 4.78 is 39.2. The van der Waals surface area contributed by atoms with Crippen molar-refractivity contribution in [3.05, 3.63) is 58.6 Å². The highest BCUT2D eigenvalue weighted by Gasteiger charge is 2.15. The lowest BCUT2D eigenvalue weighted by Crippen LogP contribution is -2.15. The molecule has 0 radical (unpaired) electrons. The normalized spacial score (nSPS) is 10.3. The van der Waals surface area contributed by atoms with Crippen molar-refractivity contribution in [3.8, 4) is 0 Å². The number of rotatable bonds is 2. The maximum Gasteiger partial charge on any atom is 0.274 e. The lowest BCUT2D eigenvalue weighted by atomic mass is 10.2. The van der Waals surface area contributed by atoms with Gasteiger partial charge < -0.3 is 5.32 Å². The van der Waals surface area contributed by atoms with Gasteiger partial charge in [0.05, 0.1) is 5.69 Å². The van der Waals surface area contributed by atoms with Gasteiger partial charge in [-0.25, -0.2) is 13.2 Å². The van der Waals surface area contributed by atoms with Crippen LogP contribution in [-0.2, 0) is 0 Å². The summed E-state index contributed by atoms with van der Waals surface area (Å²) in [6.45, 7) is 0. The number of hydrogen-bond acceptors (Lipinski definition) is 2. The molecule has 0 spiro atoms. The molecule has 1 aromatic carbocycles. The minimum atomic E-state index is -1.39. The Hall–Kier alpha value is -2.08. The molecule has 2 rings (SSSR count). The SMILES string of the molecule is O=C(Nc1cc(F)cc(F)c1F)c1cc(Cl)ccn1. The Morgan fingerprint density at radius 2 is 1.95 bits per heavy atom. The molecule has 0 unspecified atom stereocenters. The van der Waals surface area contributed by atoms with Gasteiger partial charge in [0.15, 0.2) is 11.6 Å². The molecule has 1 amide bonds. The molecule has 2 aromatic rings. The third-order valence-electron chi connectivity index (χ3n) is 2.20. The van der Waals surface area contributed by atoms with Gasteiger partial charge in [0, 0.05) is 23.4 Å². The van der Waals surface area contributed by atoms with E-state index in [0.29, 0.717) is 12.1 Å². The predicted octanol–water partition coefficient (Wildman–Crippen LogP) is 3.40. The number of amides is 1. The zero-order valence-corrected chi connectivity index (χ0v) is 10.0. The van der Waals surface area contributed by atoms with Crippen molar-refractivity contribution in [2.45, 2.75) is 0 Å². The van der Waals surface area contributed by atoms with Gasteiger partial charge in [0.1, 0.15) is 11.5 Å². The molecular formula is C12H6ClF3N2O. The first-order valence-corrected chi connectivity index (χ1v) is 5.42. The molecule has 98 valence electrons. The van der Waals surface area contributed by atoms with Crippen molar-refractivity contribution in [1.29, 1.82) is 0 Å². The van der Waals surface area contributed by atoms with Crippen LogP contribution in [0.5, 0.6) is 0 Å². The first-order chi connectivity index (χ1) is 8.97. The second-order valence-corrected chi connectivity index (χ2v) is 4.00. The molecule has 1 heterocycles. The van der Waals surface area contributed by atoms with Gasteiger partial charge in [-0.15, -0.1) is 0 Å². The molecule has 0 fully saturated rings. The van der Waals surface area contributed by atoms with Crippen molar-refractivity contribution < 1.29 is 18.0 Å². The van der Waals surface area contributed by atoms with Crippen LogP contribution in [0.2, 0.25) is 5.02 Å². The molecule has 19 heavy (non-hydrogen) atoms. The first-order valence-electron chi connectivity index (χ1n) is 5.05. The summed E-state index contributed by atoms with van der Waals surface area (Å²) in [5.74, 6) is -4.58. The van der Waals surface area contributed by atoms with Gasteiger partial charge in [0.25, 0.3) is 5.91 Å². The molecule has 0 aliphatic rings. The van der Waals surface area contributed by atoms with Crippen LogP contribution in [0.3, 0.4) is 0 Å². The first kappa shape index (κ1) is 13.4. The summed E-state index contributed by atoms with van der Waals surface area (Å²) in [7, 11) is 0. The Labute approximate surface area is 111 Å². The number of pyridine rings is 1. The van der Waals surface area contributed by atoms with Crippen LogP contribution in [0.1, 0.15) is 10.5 Å². The summed E-state index contributed by atoms with van der Waals surface area (Å²) in [6.07, 6.45) is 1.28. The number of aromatic nitrogens is 1. The lowest BCUT2D eigenvalue weighted by Gasteiger charge is -2.07. The fourth-order valence-corrected chi connectivity index (χ4v) is 1.52. The van der Waals surface area contributed by atoms with E-state index in [1.807, 2.05) is 5.32 Å². The molecular weight excluding hydrogens is 281 g/mol. The standard InChI is InChI=1S/C12H6ClF3N2O/c13-6-1-2-17-10(3-6)12(19)18-9-5-7(14)4-8(15)11(9)16/h1-5H,(H,18,19). The van der Waals surface area contributed by atoms with Crippen LogP contribution in [0.4, 0.5) is 18.9 Å². The highest BCUT2D eigenvalue weighted by atomic mass is 35.5. The Kier molecular flexibility index (Phi) is 3.71. The molecule has 0 aliphatic carbocycles. The van der Waals surface area contributed by atoms with E-state index in [0.717, 1.165) is 0 Å². The molecule has 3 nitrogen and oxygen atoms in total. The number of anilines is 1. The van der Waals surface area contributed by atoms with Gasteiger partial charge >= 0.3 is 0 Å². The second-order valence-electron chi connectivity index (χ2n) is 3.56. The fourth-order valence-electron chi connectivity index (χ4n) is 1.36. The predicted molar refractivity (Wildman–Crippen MR) is 63.5 cm³/mol. The number of nitrogens with one attached hydrogen (secondary N) is 1. The van der Waals surface area contributed by atoms with Crippen LogP contribution in [-0.4, -0.2) is 10.9 Å². The maximum absolute atomic E-state index is 13.3. The van der Waals surface area contributed by atoms with E-state index in [4.69, 9.17) is 11.6 Å². The van der Waals surface area contributed by atoms with E-state index in [-0.39, 0.29) is 10.7 Å². The van der Waals surface area contributed by atoms with Gasteiger partial charge in [-0.2, -0.15) is 0 Å². The molecule has 0 saturated heterocycles. The lowest BCUT2D eigenvalue weighted by molar-refractivity contribution is 0.102. The van der Waals surface area contributed by atoms with Crippen LogP contribution in [0.25, 0.3) is 0 Å². The Bertz CT molecular complexity index is 649. The Morgan fingerprint density at radius 1 is 1.21 bits per heavy atom. The highest BCUT2D eigenvalue weighted by molar-refractivity contribution is 6.30. The summed E-state index contributed by atoms with van der Waals surface area (Å²) in [6, 6.07) is 3.73. The summed E-state index contributed by atoms with van der Waals surface area (Å²) in [4.78, 5) is 15.4. The maximum atomic E-state index is 13.3. The van der Waals surface area contributed by atoms with Crippen LogP contribution in [0.15, 0.2) is 30.5 Å². The van der Waals surface area contributed by atoms with Crippen molar-refractivity contribution >= 4 is 23.2 Å². The highest BCUT2D eigenvalue weighted by Crippen LogP contribution is 2.20. The molecule has 0 atom stereocenters. The van der Waals surface area contributed by atoms with E-state index in [9.17, 15) is 18.0 Å². The summed E-state index contributed by atoms with van der Waals surface area (Å²) >= 11 is 5.66. The van der Waals surface area contributed by atoms with Gasteiger partial charge in [-0.3, -0.25) is 9.78 Å². The second kappa shape index (κ2) is 5.27. The minimum absolute atomic E-state index is 0.100. The third kappa shape index (κ3) is 3.03. The van der Waals surface area contributed by atoms with E-state index in [1.165, 1.54) is 18.3 Å². The zero-order chi connectivity index (χ0) is 14.0. The monoisotopic (exact) mass is 286 g/mol. The van der Waals surface area contributed by atoms with E-state index >= 15 is 0 Å². The smallest absolute Gasteiger partial charge is 0.274 e. The topological polar surface area (TPSA) is 42.0 Å². The van der Waals surface area contributed by atoms with Crippen LogP contribution in [0, 0.1) is 17.5 Å². The largest absolute Gasteiger partial charge is 0.318 e. The zero-order valence-electron chi connectivity index (χ0n) is 9.25. The van der Waals surface area contributed by atoms with E-state index < -0.39 is 29.0 Å². The fraction of sp³-hybridized carbons (Fsp3) is 0. The van der Waals surface area contributed by atoms with Crippen LogP contribution >= 0.6 is 11.6 Å². The van der Waals surface area contributed by atoms with E-state index in [2.05, 4.69) is 4.98 Å². The van der Waals surface area contributed by atoms with Gasteiger partial charge in [-0.1, -0.05) is 11.6 Å². The average Bonchev–Trinajstić information content (AvgIpc) is 2.35. The van der Waals surface area contributed by atoms with Crippen LogP contribution < -0.4 is 5.32 Å². The molecule has 0 bridgehead atoms. The Morgan fingerprint density at radius 3 is 2.63 bits per heavy atom. The molecule has 0 aliphatic heterocycles. The Balaban J connectivity index is 2.29. The van der Waals surface area contributed by atoms with Crippen molar-refractivity contribution in [2.24, 2.45) is 0 Å². The number of halogens is 4. The number of carbonyl (C=O) groups excluding carboxylic acids is 1. The molecule has 1 aromatic heterocycles.